The fraction of sp³-hybridized carbons (Fsp3) is 0.214. The maximum Gasteiger partial charge on any atom is 0.312 e. The van der Waals surface area contributed by atoms with Crippen LogP contribution >= 0.6 is 0 Å². The van der Waals surface area contributed by atoms with Gasteiger partial charge in [0.15, 0.2) is 5.69 Å². The highest BCUT2D eigenvalue weighted by Gasteiger charge is 2.23. The number of nitriles is 1. The number of nitrogens with one attached hydrogen (secondary N) is 2. The topological polar surface area (TPSA) is 94.8 Å². The van der Waals surface area contributed by atoms with Gasteiger partial charge in [-0.1, -0.05) is 12.1 Å². The lowest BCUT2D eigenvalue weighted by atomic mass is 10.1. The molecule has 0 spiro atoms. The number of H-pyrrole nitrogens is 1. The summed E-state index contributed by atoms with van der Waals surface area (Å²) in [5, 5.41) is 23.3. The maximum absolute atomic E-state index is 11.1. The number of nitrogens with zero attached hydrogens (tertiary/aromatic N) is 2. The molecule has 1 aromatic carbocycles. The molecular weight excluding hydrogens is 256 g/mol. The van der Waals surface area contributed by atoms with Crippen LogP contribution in [0, 0.1) is 21.4 Å². The molecule has 0 fully saturated rings. The van der Waals surface area contributed by atoms with E-state index >= 15 is 0 Å². The standard InChI is InChI=1S/C14H14N4O2/c1-9(2)17-11-5-3-4-10(6-11)12-8-16-13(7-15)14(12)18(19)20/h3-6,8-9,16-17H,1-2H3. The van der Waals surface area contributed by atoms with E-state index in [1.807, 2.05) is 32.0 Å². The summed E-state index contributed by atoms with van der Waals surface area (Å²) in [6.07, 6.45) is 1.49. The van der Waals surface area contributed by atoms with Crippen LogP contribution in [-0.2, 0) is 0 Å². The largest absolute Gasteiger partial charge is 0.383 e. The number of anilines is 1. The van der Waals surface area contributed by atoms with Crippen LogP contribution in [0.5, 0.6) is 0 Å². The molecule has 0 aliphatic carbocycles. The van der Waals surface area contributed by atoms with Gasteiger partial charge in [-0.05, 0) is 31.5 Å². The zero-order valence-corrected chi connectivity index (χ0v) is 11.2. The molecule has 0 bridgehead atoms. The molecule has 1 aromatic heterocycles. The number of benzene rings is 1. The van der Waals surface area contributed by atoms with Gasteiger partial charge in [0, 0.05) is 17.9 Å². The van der Waals surface area contributed by atoms with Crippen LogP contribution < -0.4 is 5.32 Å². The van der Waals surface area contributed by atoms with Gasteiger partial charge in [-0.3, -0.25) is 10.1 Å². The fourth-order valence-electron chi connectivity index (χ4n) is 2.02. The number of hydrogen-bond acceptors (Lipinski definition) is 4. The Bertz CT molecular complexity index is 683. The number of aromatic amines is 1. The molecule has 6 heteroatoms. The van der Waals surface area contributed by atoms with Crippen molar-refractivity contribution in [3.8, 4) is 17.2 Å². The Morgan fingerprint density at radius 3 is 2.80 bits per heavy atom. The lowest BCUT2D eigenvalue weighted by molar-refractivity contribution is -0.384. The number of aromatic nitrogens is 1. The second-order valence-corrected chi connectivity index (χ2v) is 4.67. The molecule has 0 unspecified atom stereocenters. The fourth-order valence-corrected chi connectivity index (χ4v) is 2.02. The van der Waals surface area contributed by atoms with Gasteiger partial charge in [-0.15, -0.1) is 0 Å². The normalized spacial score (nSPS) is 10.3. The van der Waals surface area contributed by atoms with Crippen molar-refractivity contribution in [2.75, 3.05) is 5.32 Å². The molecule has 20 heavy (non-hydrogen) atoms. The monoisotopic (exact) mass is 270 g/mol. The van der Waals surface area contributed by atoms with E-state index in [4.69, 9.17) is 5.26 Å². The van der Waals surface area contributed by atoms with Crippen LogP contribution in [0.2, 0.25) is 0 Å². The quantitative estimate of drug-likeness (QED) is 0.658. The highest BCUT2D eigenvalue weighted by atomic mass is 16.6. The lowest BCUT2D eigenvalue weighted by Crippen LogP contribution is -2.09. The van der Waals surface area contributed by atoms with Crippen LogP contribution in [0.25, 0.3) is 11.1 Å². The minimum atomic E-state index is -0.535. The summed E-state index contributed by atoms with van der Waals surface area (Å²) >= 11 is 0. The summed E-state index contributed by atoms with van der Waals surface area (Å²) in [5.41, 5.74) is 1.77. The Hall–Kier alpha value is -2.81. The molecule has 1 heterocycles. The van der Waals surface area contributed by atoms with E-state index in [0.717, 1.165) is 5.69 Å². The Morgan fingerprint density at radius 2 is 2.20 bits per heavy atom. The van der Waals surface area contributed by atoms with Crippen molar-refractivity contribution >= 4 is 11.4 Å². The van der Waals surface area contributed by atoms with Gasteiger partial charge in [0.1, 0.15) is 6.07 Å². The van der Waals surface area contributed by atoms with Crippen LogP contribution in [0.15, 0.2) is 30.5 Å². The maximum atomic E-state index is 11.1. The Morgan fingerprint density at radius 1 is 1.45 bits per heavy atom. The van der Waals surface area contributed by atoms with E-state index < -0.39 is 4.92 Å². The van der Waals surface area contributed by atoms with E-state index in [2.05, 4.69) is 10.3 Å². The first-order chi connectivity index (χ1) is 9.52. The summed E-state index contributed by atoms with van der Waals surface area (Å²) in [6.45, 7) is 4.03. The molecule has 0 aliphatic heterocycles. The third-order valence-corrected chi connectivity index (χ3v) is 2.78. The second-order valence-electron chi connectivity index (χ2n) is 4.67. The summed E-state index contributed by atoms with van der Waals surface area (Å²) in [6, 6.07) is 9.40. The molecule has 0 amide bonds. The van der Waals surface area contributed by atoms with Crippen molar-refractivity contribution in [2.45, 2.75) is 19.9 Å². The van der Waals surface area contributed by atoms with Crippen LogP contribution in [0.4, 0.5) is 11.4 Å². The van der Waals surface area contributed by atoms with Crippen molar-refractivity contribution in [3.63, 3.8) is 0 Å². The van der Waals surface area contributed by atoms with Gasteiger partial charge in [0.25, 0.3) is 0 Å². The minimum absolute atomic E-state index is 0.0350. The van der Waals surface area contributed by atoms with Gasteiger partial charge in [-0.25, -0.2) is 0 Å². The van der Waals surface area contributed by atoms with Gasteiger partial charge < -0.3 is 10.3 Å². The van der Waals surface area contributed by atoms with Crippen LogP contribution in [-0.4, -0.2) is 15.9 Å². The minimum Gasteiger partial charge on any atom is -0.383 e. The molecular formula is C14H14N4O2. The first-order valence-corrected chi connectivity index (χ1v) is 6.15. The van der Waals surface area contributed by atoms with Gasteiger partial charge in [-0.2, -0.15) is 5.26 Å². The van der Waals surface area contributed by atoms with E-state index in [0.29, 0.717) is 11.1 Å². The van der Waals surface area contributed by atoms with Crippen molar-refractivity contribution < 1.29 is 4.92 Å². The SMILES string of the molecule is CC(C)Nc1cccc(-c2c[nH]c(C#N)c2[N+](=O)[O-])c1. The molecule has 0 saturated heterocycles. The summed E-state index contributed by atoms with van der Waals surface area (Å²) in [5.74, 6) is 0. The summed E-state index contributed by atoms with van der Waals surface area (Å²) in [7, 11) is 0. The van der Waals surface area contributed by atoms with Gasteiger partial charge in [0.05, 0.1) is 10.5 Å². The number of rotatable bonds is 4. The smallest absolute Gasteiger partial charge is 0.312 e. The van der Waals surface area contributed by atoms with Crippen molar-refractivity contribution in [3.05, 3.63) is 46.3 Å². The Labute approximate surface area is 116 Å². The summed E-state index contributed by atoms with van der Waals surface area (Å²) in [4.78, 5) is 13.2. The highest BCUT2D eigenvalue weighted by molar-refractivity contribution is 5.78. The van der Waals surface area contributed by atoms with Crippen molar-refractivity contribution in [1.82, 2.24) is 4.98 Å². The predicted molar refractivity (Wildman–Crippen MR) is 76.4 cm³/mol. The number of hydrogen-bond donors (Lipinski definition) is 2. The second kappa shape index (κ2) is 5.45. The Balaban J connectivity index is 2.50. The predicted octanol–water partition coefficient (Wildman–Crippen LogP) is 3.28. The average Bonchev–Trinajstić information content (AvgIpc) is 2.82. The first-order valence-electron chi connectivity index (χ1n) is 6.15. The van der Waals surface area contributed by atoms with E-state index in [9.17, 15) is 10.1 Å². The van der Waals surface area contributed by atoms with Gasteiger partial charge >= 0.3 is 5.69 Å². The van der Waals surface area contributed by atoms with Crippen molar-refractivity contribution in [1.29, 1.82) is 5.26 Å². The highest BCUT2D eigenvalue weighted by Crippen LogP contribution is 2.33. The zero-order chi connectivity index (χ0) is 14.7. The van der Waals surface area contributed by atoms with E-state index in [-0.39, 0.29) is 17.4 Å². The molecule has 0 saturated carbocycles. The molecule has 102 valence electrons. The zero-order valence-electron chi connectivity index (χ0n) is 11.2. The molecule has 2 aromatic rings. The first kappa shape index (κ1) is 13.6. The van der Waals surface area contributed by atoms with E-state index in [1.165, 1.54) is 6.20 Å². The number of nitro groups is 1. The third kappa shape index (κ3) is 2.62. The molecule has 0 aliphatic rings. The van der Waals surface area contributed by atoms with E-state index in [1.54, 1.807) is 12.1 Å². The molecule has 0 radical (unpaired) electrons. The van der Waals surface area contributed by atoms with Crippen LogP contribution in [0.1, 0.15) is 19.5 Å². The summed E-state index contributed by atoms with van der Waals surface area (Å²) < 4.78 is 0. The molecule has 2 N–H and O–H groups in total. The molecule has 6 nitrogen and oxygen atoms in total. The van der Waals surface area contributed by atoms with Crippen LogP contribution in [0.3, 0.4) is 0 Å². The average molecular weight is 270 g/mol. The third-order valence-electron chi connectivity index (χ3n) is 2.78. The Kier molecular flexibility index (Phi) is 3.71. The molecule has 2 rings (SSSR count). The van der Waals surface area contributed by atoms with Gasteiger partial charge in [0.2, 0.25) is 0 Å². The molecule has 0 atom stereocenters. The lowest BCUT2D eigenvalue weighted by Gasteiger charge is -2.10. The van der Waals surface area contributed by atoms with Crippen molar-refractivity contribution in [2.24, 2.45) is 0 Å².